The molecule has 0 radical (unpaired) electrons. The summed E-state index contributed by atoms with van der Waals surface area (Å²) in [5, 5.41) is 4.43. The maximum absolute atomic E-state index is 12.7. The van der Waals surface area contributed by atoms with E-state index in [2.05, 4.69) is 5.32 Å². The number of hydrogen-bond acceptors (Lipinski definition) is 5. The number of ketones is 1. The fourth-order valence-corrected chi connectivity index (χ4v) is 3.71. The van der Waals surface area contributed by atoms with Gasteiger partial charge in [0, 0.05) is 17.8 Å². The Hall–Kier alpha value is -3.00. The molecule has 0 saturated heterocycles. The molecule has 0 bridgehead atoms. The van der Waals surface area contributed by atoms with Gasteiger partial charge >= 0.3 is 5.69 Å². The first-order valence-corrected chi connectivity index (χ1v) is 9.42. The van der Waals surface area contributed by atoms with Crippen molar-refractivity contribution in [1.29, 1.82) is 0 Å². The van der Waals surface area contributed by atoms with Gasteiger partial charge < -0.3 is 5.32 Å². The van der Waals surface area contributed by atoms with Gasteiger partial charge in [-0.3, -0.25) is 23.5 Å². The fourth-order valence-electron chi connectivity index (χ4n) is 2.87. The van der Waals surface area contributed by atoms with Crippen LogP contribution in [0.4, 0.5) is 5.69 Å². The quantitative estimate of drug-likeness (QED) is 0.660. The van der Waals surface area contributed by atoms with Gasteiger partial charge in [0.25, 0.3) is 5.56 Å². The van der Waals surface area contributed by atoms with Crippen molar-refractivity contribution in [1.82, 2.24) is 9.13 Å². The Morgan fingerprint density at radius 3 is 2.63 bits per heavy atom. The first kappa shape index (κ1) is 18.8. The monoisotopic (exact) mass is 385 g/mol. The second kappa shape index (κ2) is 7.71. The number of aromatic nitrogens is 2. The Bertz CT molecular complexity index is 1140. The molecule has 2 heterocycles. The average molecular weight is 385 g/mol. The highest BCUT2D eigenvalue weighted by Gasteiger charge is 2.16. The number of nitrogens with zero attached hydrogens (tertiary/aromatic N) is 2. The van der Waals surface area contributed by atoms with Crippen molar-refractivity contribution in [2.75, 3.05) is 5.32 Å². The molecule has 0 saturated carbocycles. The van der Waals surface area contributed by atoms with Crippen LogP contribution in [-0.2, 0) is 17.9 Å². The molecule has 8 heteroatoms. The Kier molecular flexibility index (Phi) is 5.36. The summed E-state index contributed by atoms with van der Waals surface area (Å²) in [6, 6.07) is 8.27. The minimum atomic E-state index is -0.500. The number of nitrogens with one attached hydrogen (secondary N) is 1. The van der Waals surface area contributed by atoms with Crippen molar-refractivity contribution in [3.05, 3.63) is 62.1 Å². The van der Waals surface area contributed by atoms with E-state index in [1.807, 2.05) is 6.92 Å². The molecule has 3 aromatic rings. The molecule has 0 aliphatic rings. The topological polar surface area (TPSA) is 90.2 Å². The molecule has 0 aliphatic carbocycles. The van der Waals surface area contributed by atoms with E-state index in [-0.39, 0.29) is 17.9 Å². The third kappa shape index (κ3) is 3.75. The van der Waals surface area contributed by atoms with Crippen molar-refractivity contribution < 1.29 is 9.59 Å². The zero-order valence-corrected chi connectivity index (χ0v) is 15.8. The van der Waals surface area contributed by atoms with Gasteiger partial charge in [-0.05, 0) is 36.9 Å². The number of thiophene rings is 1. The molecular weight excluding hydrogens is 366 g/mol. The molecule has 0 unspecified atom stereocenters. The van der Waals surface area contributed by atoms with Gasteiger partial charge in [-0.2, -0.15) is 0 Å². The minimum absolute atomic E-state index is 0.103. The van der Waals surface area contributed by atoms with Gasteiger partial charge in [-0.15, -0.1) is 11.3 Å². The maximum atomic E-state index is 12.7. The molecule has 1 amide bonds. The molecule has 140 valence electrons. The van der Waals surface area contributed by atoms with Crippen molar-refractivity contribution in [2.24, 2.45) is 0 Å². The summed E-state index contributed by atoms with van der Waals surface area (Å²) in [6.45, 7) is 3.41. The summed E-state index contributed by atoms with van der Waals surface area (Å²) in [5.41, 5.74) is 0.596. The summed E-state index contributed by atoms with van der Waals surface area (Å²) in [5.74, 6) is -0.513. The minimum Gasteiger partial charge on any atom is -0.325 e. The highest BCUT2D eigenvalue weighted by atomic mass is 32.1. The van der Waals surface area contributed by atoms with Crippen LogP contribution in [0.1, 0.15) is 30.6 Å². The lowest BCUT2D eigenvalue weighted by Gasteiger charge is -2.12. The van der Waals surface area contributed by atoms with Gasteiger partial charge in [0.05, 0.1) is 5.52 Å². The average Bonchev–Trinajstić information content (AvgIpc) is 3.12. The van der Waals surface area contributed by atoms with Crippen LogP contribution < -0.4 is 16.6 Å². The Balaban J connectivity index is 1.94. The number of anilines is 1. The van der Waals surface area contributed by atoms with Crippen LogP contribution in [0.2, 0.25) is 0 Å². The van der Waals surface area contributed by atoms with Gasteiger partial charge in [0.2, 0.25) is 5.91 Å². The molecule has 7 nitrogen and oxygen atoms in total. The van der Waals surface area contributed by atoms with E-state index >= 15 is 0 Å². The third-order valence-electron chi connectivity index (χ3n) is 4.14. The van der Waals surface area contributed by atoms with Gasteiger partial charge in [-0.1, -0.05) is 19.1 Å². The fraction of sp³-hybridized carbons (Fsp3) is 0.263. The molecule has 0 fully saturated rings. The first-order chi connectivity index (χ1) is 12.9. The van der Waals surface area contributed by atoms with Crippen molar-refractivity contribution in [3.8, 4) is 0 Å². The maximum Gasteiger partial charge on any atom is 0.332 e. The molecule has 27 heavy (non-hydrogen) atoms. The van der Waals surface area contributed by atoms with E-state index in [0.717, 1.165) is 0 Å². The molecule has 0 aliphatic heterocycles. The molecule has 0 atom stereocenters. The van der Waals surface area contributed by atoms with Crippen LogP contribution in [0.5, 0.6) is 0 Å². The zero-order valence-electron chi connectivity index (χ0n) is 15.0. The summed E-state index contributed by atoms with van der Waals surface area (Å²) in [4.78, 5) is 49.2. The number of carbonyl (C=O) groups is 2. The number of carbonyl (C=O) groups excluding carboxylic acids is 2. The summed E-state index contributed by atoms with van der Waals surface area (Å²) < 4.78 is 2.93. The highest BCUT2D eigenvalue weighted by Crippen LogP contribution is 2.16. The second-order valence-corrected chi connectivity index (χ2v) is 7.06. The van der Waals surface area contributed by atoms with Crippen LogP contribution in [0, 0.1) is 0 Å². The SMILES string of the molecule is CCCn1c(=O)c2sccc2n(CC(=O)Nc2cccc(C(C)=O)c2)c1=O. The number of hydrogen-bond donors (Lipinski definition) is 1. The number of amides is 1. The van der Waals surface area contributed by atoms with Gasteiger partial charge in [0.1, 0.15) is 11.2 Å². The smallest absolute Gasteiger partial charge is 0.325 e. The predicted molar refractivity (Wildman–Crippen MR) is 106 cm³/mol. The van der Waals surface area contributed by atoms with E-state index in [9.17, 15) is 19.2 Å². The normalized spacial score (nSPS) is 10.9. The Morgan fingerprint density at radius 2 is 1.93 bits per heavy atom. The number of fused-ring (bicyclic) bond motifs is 1. The summed E-state index contributed by atoms with van der Waals surface area (Å²) in [7, 11) is 0. The van der Waals surface area contributed by atoms with Gasteiger partial charge in [0.15, 0.2) is 5.78 Å². The van der Waals surface area contributed by atoms with E-state index in [1.165, 1.54) is 27.4 Å². The lowest BCUT2D eigenvalue weighted by molar-refractivity contribution is -0.116. The van der Waals surface area contributed by atoms with Crippen molar-refractivity contribution in [2.45, 2.75) is 33.4 Å². The highest BCUT2D eigenvalue weighted by molar-refractivity contribution is 7.17. The lowest BCUT2D eigenvalue weighted by atomic mass is 10.1. The van der Waals surface area contributed by atoms with E-state index in [0.29, 0.717) is 34.4 Å². The molecule has 0 spiro atoms. The molecule has 3 rings (SSSR count). The van der Waals surface area contributed by atoms with Crippen LogP contribution in [-0.4, -0.2) is 20.8 Å². The van der Waals surface area contributed by atoms with Crippen molar-refractivity contribution >= 4 is 38.9 Å². The van der Waals surface area contributed by atoms with E-state index in [4.69, 9.17) is 0 Å². The third-order valence-corrected chi connectivity index (χ3v) is 5.03. The number of benzene rings is 1. The second-order valence-electron chi connectivity index (χ2n) is 6.15. The lowest BCUT2D eigenvalue weighted by Crippen LogP contribution is -2.41. The number of Topliss-reactive ketones (excluding diaryl/α,β-unsaturated/α-hetero) is 1. The number of rotatable bonds is 6. The Morgan fingerprint density at radius 1 is 1.15 bits per heavy atom. The Labute approximate surface area is 158 Å². The largest absolute Gasteiger partial charge is 0.332 e. The molecule has 2 aromatic heterocycles. The predicted octanol–water partition coefficient (Wildman–Crippen LogP) is 2.48. The molecule has 1 N–H and O–H groups in total. The van der Waals surface area contributed by atoms with Crippen molar-refractivity contribution in [3.63, 3.8) is 0 Å². The first-order valence-electron chi connectivity index (χ1n) is 8.54. The van der Waals surface area contributed by atoms with E-state index in [1.54, 1.807) is 35.7 Å². The molecule has 1 aromatic carbocycles. The van der Waals surface area contributed by atoms with Crippen LogP contribution in [0.15, 0.2) is 45.3 Å². The molecular formula is C19H19N3O4S. The van der Waals surface area contributed by atoms with Crippen LogP contribution in [0.3, 0.4) is 0 Å². The zero-order chi connectivity index (χ0) is 19.6. The van der Waals surface area contributed by atoms with E-state index < -0.39 is 11.6 Å². The summed E-state index contributed by atoms with van der Waals surface area (Å²) in [6.07, 6.45) is 0.635. The van der Waals surface area contributed by atoms with Crippen LogP contribution >= 0.6 is 11.3 Å². The van der Waals surface area contributed by atoms with Gasteiger partial charge in [-0.25, -0.2) is 4.79 Å². The standard InChI is InChI=1S/C19H19N3O4S/c1-3-8-21-18(25)17-15(7-9-27-17)22(19(21)26)11-16(24)20-14-6-4-5-13(10-14)12(2)23/h4-7,9-10H,3,8,11H2,1-2H3,(H,20,24). The van der Waals surface area contributed by atoms with Crippen LogP contribution in [0.25, 0.3) is 10.2 Å². The summed E-state index contributed by atoms with van der Waals surface area (Å²) >= 11 is 1.25.